The second-order valence-electron chi connectivity index (χ2n) is 3.97. The van der Waals surface area contributed by atoms with Gasteiger partial charge in [0.1, 0.15) is 6.33 Å². The van der Waals surface area contributed by atoms with E-state index in [4.69, 9.17) is 0 Å². The van der Waals surface area contributed by atoms with Crippen molar-refractivity contribution in [3.8, 4) is 0 Å². The Labute approximate surface area is 102 Å². The Morgan fingerprint density at radius 2 is 1.94 bits per heavy atom. The monoisotopic (exact) mass is 255 g/mol. The third-order valence-electron chi connectivity index (χ3n) is 2.84. The van der Waals surface area contributed by atoms with Gasteiger partial charge in [-0.25, -0.2) is 9.97 Å². The summed E-state index contributed by atoms with van der Waals surface area (Å²) in [4.78, 5) is 7.83. The molecular formula is C12H12F3N3. The molecule has 6 heteroatoms. The summed E-state index contributed by atoms with van der Waals surface area (Å²) in [5.74, 6) is 0. The van der Waals surface area contributed by atoms with Crippen LogP contribution in [-0.4, -0.2) is 17.0 Å². The maximum Gasteiger partial charge on any atom is 0.418 e. The van der Waals surface area contributed by atoms with Crippen LogP contribution in [0.15, 0.2) is 24.5 Å². The van der Waals surface area contributed by atoms with Crippen LogP contribution >= 0.6 is 0 Å². The number of para-hydroxylation sites is 1. The van der Waals surface area contributed by atoms with Gasteiger partial charge in [-0.15, -0.1) is 0 Å². The van der Waals surface area contributed by atoms with Gasteiger partial charge in [0.15, 0.2) is 0 Å². The highest BCUT2D eigenvalue weighted by atomic mass is 19.4. The first kappa shape index (κ1) is 12.8. The lowest BCUT2D eigenvalue weighted by molar-refractivity contribution is -0.136. The zero-order chi connectivity index (χ0) is 13.3. The molecule has 2 rings (SSSR count). The van der Waals surface area contributed by atoms with E-state index in [1.165, 1.54) is 12.4 Å². The first-order chi connectivity index (χ1) is 8.45. The summed E-state index contributed by atoms with van der Waals surface area (Å²) in [6.07, 6.45) is -3.24. The molecule has 1 aromatic carbocycles. The second-order valence-corrected chi connectivity index (χ2v) is 3.97. The first-order valence-corrected chi connectivity index (χ1v) is 5.43. The second kappa shape index (κ2) is 4.53. The molecule has 0 amide bonds. The van der Waals surface area contributed by atoms with Crippen molar-refractivity contribution < 1.29 is 13.2 Å². The number of nitrogens with one attached hydrogen (secondary N) is 1. The van der Waals surface area contributed by atoms with Crippen LogP contribution < -0.4 is 5.32 Å². The number of rotatable bonds is 2. The number of halogens is 3. The zero-order valence-corrected chi connectivity index (χ0v) is 9.92. The van der Waals surface area contributed by atoms with Crippen molar-refractivity contribution in [2.24, 2.45) is 0 Å². The van der Waals surface area contributed by atoms with Crippen LogP contribution in [0.1, 0.15) is 24.2 Å². The van der Waals surface area contributed by atoms with Crippen LogP contribution in [0.25, 0.3) is 10.9 Å². The van der Waals surface area contributed by atoms with Crippen molar-refractivity contribution in [3.63, 3.8) is 0 Å². The number of hydrogen-bond donors (Lipinski definition) is 1. The summed E-state index contributed by atoms with van der Waals surface area (Å²) >= 11 is 0. The van der Waals surface area contributed by atoms with Gasteiger partial charge in [-0.3, -0.25) is 0 Å². The molecule has 0 saturated heterocycles. The Balaban J connectivity index is 2.73. The molecular weight excluding hydrogens is 243 g/mol. The fourth-order valence-corrected chi connectivity index (χ4v) is 1.82. The fourth-order valence-electron chi connectivity index (χ4n) is 1.82. The molecule has 0 spiro atoms. The van der Waals surface area contributed by atoms with Gasteiger partial charge in [0, 0.05) is 11.4 Å². The Kier molecular flexibility index (Phi) is 3.21. The van der Waals surface area contributed by atoms with Gasteiger partial charge in [0.25, 0.3) is 0 Å². The van der Waals surface area contributed by atoms with Crippen molar-refractivity contribution in [2.45, 2.75) is 19.1 Å². The van der Waals surface area contributed by atoms with Crippen molar-refractivity contribution >= 4 is 10.9 Å². The topological polar surface area (TPSA) is 37.8 Å². The van der Waals surface area contributed by atoms with Gasteiger partial charge < -0.3 is 5.32 Å². The van der Waals surface area contributed by atoms with Crippen LogP contribution in [-0.2, 0) is 6.18 Å². The average Bonchev–Trinajstić information content (AvgIpc) is 2.35. The summed E-state index contributed by atoms with van der Waals surface area (Å²) in [5, 5.41) is 3.39. The highest BCUT2D eigenvalue weighted by molar-refractivity contribution is 5.84. The van der Waals surface area contributed by atoms with Crippen molar-refractivity contribution in [3.05, 3.63) is 35.8 Å². The summed E-state index contributed by atoms with van der Waals surface area (Å²) in [6.45, 7) is 1.84. The summed E-state index contributed by atoms with van der Waals surface area (Å²) < 4.78 is 38.6. The number of hydrogen-bond acceptors (Lipinski definition) is 3. The average molecular weight is 255 g/mol. The van der Waals surface area contributed by atoms with Gasteiger partial charge in [-0.1, -0.05) is 12.1 Å². The lowest BCUT2D eigenvalue weighted by Gasteiger charge is -2.14. The third-order valence-corrected chi connectivity index (χ3v) is 2.84. The first-order valence-electron chi connectivity index (χ1n) is 5.43. The van der Waals surface area contributed by atoms with E-state index in [0.717, 1.165) is 6.07 Å². The van der Waals surface area contributed by atoms with Gasteiger partial charge in [-0.2, -0.15) is 13.2 Å². The lowest BCUT2D eigenvalue weighted by atomic mass is 10.1. The minimum Gasteiger partial charge on any atom is -0.312 e. The van der Waals surface area contributed by atoms with Crippen LogP contribution in [0, 0.1) is 0 Å². The minimum absolute atomic E-state index is 0.0582. The van der Waals surface area contributed by atoms with E-state index < -0.39 is 11.7 Å². The molecule has 0 bridgehead atoms. The van der Waals surface area contributed by atoms with E-state index in [-0.39, 0.29) is 11.6 Å². The summed E-state index contributed by atoms with van der Waals surface area (Å²) in [5.41, 5.74) is -0.224. The maximum absolute atomic E-state index is 12.9. The van der Waals surface area contributed by atoms with Crippen LogP contribution in [0.5, 0.6) is 0 Å². The lowest BCUT2D eigenvalue weighted by Crippen LogP contribution is -2.15. The van der Waals surface area contributed by atoms with E-state index in [0.29, 0.717) is 11.1 Å². The molecule has 96 valence electrons. The van der Waals surface area contributed by atoms with E-state index in [9.17, 15) is 13.2 Å². The molecule has 0 saturated carbocycles. The third kappa shape index (κ3) is 2.15. The molecule has 1 aromatic heterocycles. The predicted molar refractivity (Wildman–Crippen MR) is 62.0 cm³/mol. The fraction of sp³-hybridized carbons (Fsp3) is 0.333. The summed E-state index contributed by atoms with van der Waals surface area (Å²) in [7, 11) is 1.73. The number of benzene rings is 1. The molecule has 1 heterocycles. The predicted octanol–water partition coefficient (Wildman–Crippen LogP) is 2.93. The number of fused-ring (bicyclic) bond motifs is 1. The van der Waals surface area contributed by atoms with Crippen molar-refractivity contribution in [1.29, 1.82) is 0 Å². The molecule has 0 fully saturated rings. The molecule has 1 atom stereocenters. The quantitative estimate of drug-likeness (QED) is 0.896. The molecule has 0 radical (unpaired) electrons. The zero-order valence-electron chi connectivity index (χ0n) is 9.92. The Morgan fingerprint density at radius 1 is 1.22 bits per heavy atom. The molecule has 0 aliphatic heterocycles. The largest absolute Gasteiger partial charge is 0.418 e. The van der Waals surface area contributed by atoms with Crippen LogP contribution in [0.4, 0.5) is 13.2 Å². The highest BCUT2D eigenvalue weighted by Gasteiger charge is 2.33. The van der Waals surface area contributed by atoms with E-state index in [2.05, 4.69) is 15.3 Å². The van der Waals surface area contributed by atoms with Crippen LogP contribution in [0.3, 0.4) is 0 Å². The minimum atomic E-state index is -4.41. The van der Waals surface area contributed by atoms with E-state index >= 15 is 0 Å². The molecule has 1 unspecified atom stereocenters. The molecule has 2 aromatic rings. The van der Waals surface area contributed by atoms with Crippen molar-refractivity contribution in [2.75, 3.05) is 7.05 Å². The number of nitrogens with zero attached hydrogens (tertiary/aromatic N) is 2. The molecule has 0 aliphatic carbocycles. The smallest absolute Gasteiger partial charge is 0.312 e. The van der Waals surface area contributed by atoms with Gasteiger partial charge in [-0.05, 0) is 20.0 Å². The SMILES string of the molecule is CNC(C)c1ncnc2c(C(F)(F)F)cccc12. The normalized spacial score (nSPS) is 13.8. The van der Waals surface area contributed by atoms with E-state index in [1.54, 1.807) is 13.1 Å². The molecule has 18 heavy (non-hydrogen) atoms. The Hall–Kier alpha value is -1.69. The highest BCUT2D eigenvalue weighted by Crippen LogP contribution is 2.34. The van der Waals surface area contributed by atoms with Gasteiger partial charge in [0.05, 0.1) is 16.8 Å². The standard InChI is InChI=1S/C12H12F3N3/c1-7(16-2)10-8-4-3-5-9(12(13,14)15)11(8)18-6-17-10/h3-7,16H,1-2H3. The molecule has 3 nitrogen and oxygen atoms in total. The number of alkyl halides is 3. The van der Waals surface area contributed by atoms with E-state index in [1.807, 2.05) is 6.92 Å². The number of aromatic nitrogens is 2. The molecule has 0 aliphatic rings. The molecule has 1 N–H and O–H groups in total. The van der Waals surface area contributed by atoms with Gasteiger partial charge in [0.2, 0.25) is 0 Å². The summed E-state index contributed by atoms with van der Waals surface area (Å²) in [6, 6.07) is 3.87. The maximum atomic E-state index is 12.9. The van der Waals surface area contributed by atoms with Gasteiger partial charge >= 0.3 is 6.18 Å². The Morgan fingerprint density at radius 3 is 2.56 bits per heavy atom. The van der Waals surface area contributed by atoms with Crippen LogP contribution in [0.2, 0.25) is 0 Å². The Bertz CT molecular complexity index is 566. The van der Waals surface area contributed by atoms with Crippen molar-refractivity contribution in [1.82, 2.24) is 15.3 Å².